The quantitative estimate of drug-likeness (QED) is 0.694. The van der Waals surface area contributed by atoms with Crippen molar-refractivity contribution in [2.45, 2.75) is 20.0 Å². The molecule has 4 heteroatoms. The normalized spacial score (nSPS) is 13.1. The number of carbonyl (C=O) groups excluding carboxylic acids is 1. The molecule has 0 radical (unpaired) electrons. The molecular formula is C17H18N2O2. The van der Waals surface area contributed by atoms with E-state index < -0.39 is 0 Å². The van der Waals surface area contributed by atoms with Crippen LogP contribution in [0.25, 0.3) is 0 Å². The fourth-order valence-corrected chi connectivity index (χ4v) is 2.69. The SMILES string of the molecule is CCOC(=O)c1ccc(N2Cc3ccccc3C2)c(N)c1. The molecule has 0 bridgehead atoms. The number of fused-ring (bicyclic) bond motifs is 1. The molecule has 0 spiro atoms. The van der Waals surface area contributed by atoms with E-state index in [1.165, 1.54) is 11.1 Å². The summed E-state index contributed by atoms with van der Waals surface area (Å²) < 4.78 is 4.99. The van der Waals surface area contributed by atoms with Crippen molar-refractivity contribution < 1.29 is 9.53 Å². The molecule has 2 N–H and O–H groups in total. The minimum absolute atomic E-state index is 0.333. The average Bonchev–Trinajstić information content (AvgIpc) is 2.90. The van der Waals surface area contributed by atoms with Crippen LogP contribution < -0.4 is 10.6 Å². The van der Waals surface area contributed by atoms with Crippen molar-refractivity contribution in [3.05, 3.63) is 59.2 Å². The monoisotopic (exact) mass is 282 g/mol. The molecule has 4 nitrogen and oxygen atoms in total. The van der Waals surface area contributed by atoms with Gasteiger partial charge in [-0.1, -0.05) is 24.3 Å². The van der Waals surface area contributed by atoms with Gasteiger partial charge in [0.2, 0.25) is 0 Å². The number of nitrogen functional groups attached to an aromatic ring is 1. The molecule has 3 rings (SSSR count). The predicted octanol–water partition coefficient (Wildman–Crippen LogP) is 2.97. The van der Waals surface area contributed by atoms with Crippen molar-refractivity contribution in [3.63, 3.8) is 0 Å². The number of nitrogens with zero attached hydrogens (tertiary/aromatic N) is 1. The highest BCUT2D eigenvalue weighted by molar-refractivity contribution is 5.92. The van der Waals surface area contributed by atoms with Gasteiger partial charge in [-0.05, 0) is 36.2 Å². The third-order valence-electron chi connectivity index (χ3n) is 3.72. The molecule has 0 saturated heterocycles. The first-order valence-corrected chi connectivity index (χ1v) is 7.07. The second-order valence-electron chi connectivity index (χ2n) is 5.12. The summed E-state index contributed by atoms with van der Waals surface area (Å²) in [6, 6.07) is 13.7. The van der Waals surface area contributed by atoms with Gasteiger partial charge in [0.15, 0.2) is 0 Å². The van der Waals surface area contributed by atoms with Crippen LogP contribution in [0.4, 0.5) is 11.4 Å². The molecule has 108 valence electrons. The molecule has 2 aromatic rings. The Kier molecular flexibility index (Phi) is 3.52. The van der Waals surface area contributed by atoms with Gasteiger partial charge in [0.1, 0.15) is 0 Å². The molecule has 0 fully saturated rings. The highest BCUT2D eigenvalue weighted by Gasteiger charge is 2.20. The molecular weight excluding hydrogens is 264 g/mol. The minimum atomic E-state index is -0.333. The van der Waals surface area contributed by atoms with Crippen LogP contribution in [0.5, 0.6) is 0 Å². The number of nitrogens with two attached hydrogens (primary N) is 1. The molecule has 0 unspecified atom stereocenters. The lowest BCUT2D eigenvalue weighted by Crippen LogP contribution is -2.16. The van der Waals surface area contributed by atoms with Crippen LogP contribution in [0.2, 0.25) is 0 Å². The number of rotatable bonds is 3. The second-order valence-corrected chi connectivity index (χ2v) is 5.12. The Balaban J connectivity index is 1.83. The summed E-state index contributed by atoms with van der Waals surface area (Å²) in [5.41, 5.74) is 10.8. The Morgan fingerprint density at radius 2 is 1.86 bits per heavy atom. The van der Waals surface area contributed by atoms with Gasteiger partial charge in [0, 0.05) is 13.1 Å². The van der Waals surface area contributed by atoms with Crippen molar-refractivity contribution >= 4 is 17.3 Å². The lowest BCUT2D eigenvalue weighted by Gasteiger charge is -2.20. The lowest BCUT2D eigenvalue weighted by molar-refractivity contribution is 0.0526. The third-order valence-corrected chi connectivity index (χ3v) is 3.72. The average molecular weight is 282 g/mol. The minimum Gasteiger partial charge on any atom is -0.462 e. The van der Waals surface area contributed by atoms with Crippen LogP contribution in [-0.4, -0.2) is 12.6 Å². The van der Waals surface area contributed by atoms with Crippen LogP contribution in [0.1, 0.15) is 28.4 Å². The van der Waals surface area contributed by atoms with Crippen LogP contribution in [0, 0.1) is 0 Å². The fraction of sp³-hybridized carbons (Fsp3) is 0.235. The number of hydrogen-bond donors (Lipinski definition) is 1. The van der Waals surface area contributed by atoms with E-state index >= 15 is 0 Å². The molecule has 0 aliphatic carbocycles. The fourth-order valence-electron chi connectivity index (χ4n) is 2.69. The van der Waals surface area contributed by atoms with E-state index in [4.69, 9.17) is 10.5 Å². The molecule has 0 aromatic heterocycles. The van der Waals surface area contributed by atoms with Gasteiger partial charge < -0.3 is 15.4 Å². The van der Waals surface area contributed by atoms with Gasteiger partial charge in [-0.25, -0.2) is 4.79 Å². The third kappa shape index (κ3) is 2.57. The van der Waals surface area contributed by atoms with E-state index in [1.54, 1.807) is 19.1 Å². The van der Waals surface area contributed by atoms with Crippen LogP contribution in [-0.2, 0) is 17.8 Å². The Labute approximate surface area is 124 Å². The predicted molar refractivity (Wildman–Crippen MR) is 83.1 cm³/mol. The number of benzene rings is 2. The zero-order valence-electron chi connectivity index (χ0n) is 12.0. The van der Waals surface area contributed by atoms with Gasteiger partial charge in [-0.3, -0.25) is 0 Å². The molecule has 0 saturated carbocycles. The van der Waals surface area contributed by atoms with E-state index in [1.807, 2.05) is 6.07 Å². The maximum atomic E-state index is 11.7. The molecule has 1 aliphatic heterocycles. The Bertz CT molecular complexity index is 657. The molecule has 0 atom stereocenters. The second kappa shape index (κ2) is 5.48. The number of ether oxygens (including phenoxy) is 1. The summed E-state index contributed by atoms with van der Waals surface area (Å²) in [6.45, 7) is 3.84. The topological polar surface area (TPSA) is 55.6 Å². The van der Waals surface area contributed by atoms with E-state index in [0.717, 1.165) is 18.8 Å². The van der Waals surface area contributed by atoms with E-state index in [2.05, 4.69) is 29.2 Å². The summed E-state index contributed by atoms with van der Waals surface area (Å²) in [5.74, 6) is -0.333. The van der Waals surface area contributed by atoms with Gasteiger partial charge in [-0.2, -0.15) is 0 Å². The zero-order chi connectivity index (χ0) is 14.8. The van der Waals surface area contributed by atoms with Gasteiger partial charge >= 0.3 is 5.97 Å². The van der Waals surface area contributed by atoms with E-state index in [-0.39, 0.29) is 5.97 Å². The first kappa shape index (κ1) is 13.5. The van der Waals surface area contributed by atoms with Crippen molar-refractivity contribution in [2.24, 2.45) is 0 Å². The lowest BCUT2D eigenvalue weighted by atomic mass is 10.1. The van der Waals surface area contributed by atoms with Gasteiger partial charge in [0.25, 0.3) is 0 Å². The van der Waals surface area contributed by atoms with Gasteiger partial charge in [-0.15, -0.1) is 0 Å². The summed E-state index contributed by atoms with van der Waals surface area (Å²) in [4.78, 5) is 13.9. The van der Waals surface area contributed by atoms with Crippen molar-refractivity contribution in [2.75, 3.05) is 17.2 Å². The summed E-state index contributed by atoms with van der Waals surface area (Å²) in [6.07, 6.45) is 0. The first-order chi connectivity index (χ1) is 10.2. The Morgan fingerprint density at radius 3 is 2.43 bits per heavy atom. The molecule has 1 heterocycles. The maximum absolute atomic E-state index is 11.7. The standard InChI is InChI=1S/C17H18N2O2/c1-2-21-17(20)12-7-8-16(15(18)9-12)19-10-13-5-3-4-6-14(13)11-19/h3-9H,2,10-11,18H2,1H3. The zero-order valence-corrected chi connectivity index (χ0v) is 12.0. The van der Waals surface area contributed by atoms with Gasteiger partial charge in [0.05, 0.1) is 23.5 Å². The molecule has 0 amide bonds. The number of anilines is 2. The van der Waals surface area contributed by atoms with E-state index in [0.29, 0.717) is 17.9 Å². The first-order valence-electron chi connectivity index (χ1n) is 7.07. The molecule has 1 aliphatic rings. The number of carbonyl (C=O) groups is 1. The highest BCUT2D eigenvalue weighted by Crippen LogP contribution is 2.32. The van der Waals surface area contributed by atoms with Crippen molar-refractivity contribution in [1.29, 1.82) is 0 Å². The Hall–Kier alpha value is -2.49. The molecule has 2 aromatic carbocycles. The van der Waals surface area contributed by atoms with Crippen LogP contribution >= 0.6 is 0 Å². The smallest absolute Gasteiger partial charge is 0.338 e. The maximum Gasteiger partial charge on any atom is 0.338 e. The highest BCUT2D eigenvalue weighted by atomic mass is 16.5. The van der Waals surface area contributed by atoms with Crippen molar-refractivity contribution in [1.82, 2.24) is 0 Å². The number of hydrogen-bond acceptors (Lipinski definition) is 4. The largest absolute Gasteiger partial charge is 0.462 e. The summed E-state index contributed by atoms with van der Waals surface area (Å²) in [5, 5.41) is 0. The van der Waals surface area contributed by atoms with E-state index in [9.17, 15) is 4.79 Å². The number of esters is 1. The molecule has 21 heavy (non-hydrogen) atoms. The summed E-state index contributed by atoms with van der Waals surface area (Å²) >= 11 is 0. The Morgan fingerprint density at radius 1 is 1.19 bits per heavy atom. The van der Waals surface area contributed by atoms with Crippen LogP contribution in [0.3, 0.4) is 0 Å². The van der Waals surface area contributed by atoms with Crippen LogP contribution in [0.15, 0.2) is 42.5 Å². The summed E-state index contributed by atoms with van der Waals surface area (Å²) in [7, 11) is 0. The van der Waals surface area contributed by atoms with Crippen molar-refractivity contribution in [3.8, 4) is 0 Å².